The van der Waals surface area contributed by atoms with Gasteiger partial charge in [-0.25, -0.2) is 0 Å². The summed E-state index contributed by atoms with van der Waals surface area (Å²) in [6, 6.07) is 7.95. The summed E-state index contributed by atoms with van der Waals surface area (Å²) in [5, 5.41) is 8.60. The molecule has 0 amide bonds. The summed E-state index contributed by atoms with van der Waals surface area (Å²) in [6.45, 7) is 3.96. The maximum atomic E-state index is 5.83. The van der Waals surface area contributed by atoms with Crippen LogP contribution in [0.2, 0.25) is 5.02 Å². The van der Waals surface area contributed by atoms with Crippen LogP contribution in [-0.2, 0) is 13.1 Å². The van der Waals surface area contributed by atoms with Gasteiger partial charge in [0.2, 0.25) is 0 Å². The predicted octanol–water partition coefficient (Wildman–Crippen LogP) is 4.00. The van der Waals surface area contributed by atoms with Crippen LogP contribution < -0.4 is 5.32 Å². The van der Waals surface area contributed by atoms with Gasteiger partial charge in [0.15, 0.2) is 0 Å². The molecule has 1 aromatic carbocycles. The Morgan fingerprint density at radius 3 is 2.50 bits per heavy atom. The molecule has 0 saturated carbocycles. The molecule has 0 radical (unpaired) electrons. The monoisotopic (exact) mass is 251 g/mol. The van der Waals surface area contributed by atoms with Crippen molar-refractivity contribution in [2.45, 2.75) is 20.0 Å². The highest BCUT2D eigenvalue weighted by atomic mass is 35.5. The number of hydrogen-bond acceptors (Lipinski definition) is 2. The normalized spacial score (nSPS) is 10.6. The van der Waals surface area contributed by atoms with Crippen LogP contribution in [0.4, 0.5) is 0 Å². The lowest BCUT2D eigenvalue weighted by atomic mass is 10.2. The van der Waals surface area contributed by atoms with Crippen molar-refractivity contribution in [2.75, 3.05) is 0 Å². The summed E-state index contributed by atoms with van der Waals surface area (Å²) in [4.78, 5) is 0. The molecule has 2 aromatic rings. The van der Waals surface area contributed by atoms with E-state index in [2.05, 4.69) is 35.1 Å². The van der Waals surface area contributed by atoms with Crippen LogP contribution in [0, 0.1) is 6.92 Å². The van der Waals surface area contributed by atoms with Gasteiger partial charge in [-0.05, 0) is 46.5 Å². The van der Waals surface area contributed by atoms with Gasteiger partial charge < -0.3 is 5.32 Å². The van der Waals surface area contributed by atoms with Gasteiger partial charge in [-0.2, -0.15) is 11.3 Å². The minimum Gasteiger partial charge on any atom is -0.309 e. The predicted molar refractivity (Wildman–Crippen MR) is 71.1 cm³/mol. The van der Waals surface area contributed by atoms with Gasteiger partial charge in [0, 0.05) is 18.1 Å². The largest absolute Gasteiger partial charge is 0.309 e. The third kappa shape index (κ3) is 3.08. The fourth-order valence-electron chi connectivity index (χ4n) is 1.51. The lowest BCUT2D eigenvalue weighted by molar-refractivity contribution is 0.692. The first kappa shape index (κ1) is 11.6. The van der Waals surface area contributed by atoms with Crippen molar-refractivity contribution in [3.63, 3.8) is 0 Å². The summed E-state index contributed by atoms with van der Waals surface area (Å²) in [6.07, 6.45) is 0. The first-order valence-corrected chi connectivity index (χ1v) is 6.54. The highest BCUT2D eigenvalue weighted by Crippen LogP contribution is 2.13. The van der Waals surface area contributed by atoms with Crippen LogP contribution in [-0.4, -0.2) is 0 Å². The Bertz CT molecular complexity index is 447. The van der Waals surface area contributed by atoms with Crippen molar-refractivity contribution in [1.29, 1.82) is 0 Å². The van der Waals surface area contributed by atoms with Gasteiger partial charge in [0.05, 0.1) is 0 Å². The number of thiophene rings is 1. The summed E-state index contributed by atoms with van der Waals surface area (Å²) < 4.78 is 0. The van der Waals surface area contributed by atoms with Crippen molar-refractivity contribution in [1.82, 2.24) is 5.32 Å². The topological polar surface area (TPSA) is 12.0 Å². The number of benzene rings is 1. The molecule has 1 aromatic heterocycles. The molecule has 0 aliphatic carbocycles. The van der Waals surface area contributed by atoms with E-state index in [4.69, 9.17) is 11.6 Å². The van der Waals surface area contributed by atoms with Crippen LogP contribution >= 0.6 is 22.9 Å². The number of hydrogen-bond donors (Lipinski definition) is 1. The Hall–Kier alpha value is -0.830. The van der Waals surface area contributed by atoms with E-state index < -0.39 is 0 Å². The highest BCUT2D eigenvalue weighted by Gasteiger charge is 1.98. The molecule has 3 heteroatoms. The average molecular weight is 252 g/mol. The molecule has 16 heavy (non-hydrogen) atoms. The first-order chi connectivity index (χ1) is 7.75. The second-order valence-electron chi connectivity index (χ2n) is 3.81. The number of aryl methyl sites for hydroxylation is 1. The molecular formula is C13H14ClNS. The zero-order valence-corrected chi connectivity index (χ0v) is 10.7. The van der Waals surface area contributed by atoms with E-state index in [-0.39, 0.29) is 0 Å². The minimum absolute atomic E-state index is 0.789. The van der Waals surface area contributed by atoms with Crippen molar-refractivity contribution in [3.05, 3.63) is 56.7 Å². The van der Waals surface area contributed by atoms with Crippen LogP contribution in [0.25, 0.3) is 0 Å². The summed E-state index contributed by atoms with van der Waals surface area (Å²) in [7, 11) is 0. The quantitative estimate of drug-likeness (QED) is 0.866. The standard InChI is InChI=1S/C13H14ClNS/c1-10-8-16-9-12(10)7-15-6-11-2-4-13(14)5-3-11/h2-5,8-9,15H,6-7H2,1H3. The Labute approximate surface area is 105 Å². The third-order valence-corrected chi connectivity index (χ3v) is 3.68. The molecule has 0 unspecified atom stereocenters. The van der Waals surface area contributed by atoms with Gasteiger partial charge in [-0.1, -0.05) is 23.7 Å². The molecule has 0 fully saturated rings. The summed E-state index contributed by atoms with van der Waals surface area (Å²) >= 11 is 7.59. The van der Waals surface area contributed by atoms with Crippen LogP contribution in [0.1, 0.15) is 16.7 Å². The fraction of sp³-hybridized carbons (Fsp3) is 0.231. The zero-order chi connectivity index (χ0) is 11.4. The van der Waals surface area contributed by atoms with Gasteiger partial charge in [0.25, 0.3) is 0 Å². The molecule has 0 saturated heterocycles. The van der Waals surface area contributed by atoms with E-state index in [0.717, 1.165) is 18.1 Å². The molecule has 1 nitrogen and oxygen atoms in total. The maximum absolute atomic E-state index is 5.83. The number of rotatable bonds is 4. The highest BCUT2D eigenvalue weighted by molar-refractivity contribution is 7.08. The van der Waals surface area contributed by atoms with Crippen molar-refractivity contribution >= 4 is 22.9 Å². The van der Waals surface area contributed by atoms with Crippen molar-refractivity contribution in [3.8, 4) is 0 Å². The fourth-order valence-corrected chi connectivity index (χ4v) is 2.49. The van der Waals surface area contributed by atoms with E-state index >= 15 is 0 Å². The van der Waals surface area contributed by atoms with Crippen molar-refractivity contribution in [2.24, 2.45) is 0 Å². The molecule has 0 aliphatic rings. The molecule has 1 heterocycles. The zero-order valence-electron chi connectivity index (χ0n) is 9.16. The Kier molecular flexibility index (Phi) is 3.99. The summed E-state index contributed by atoms with van der Waals surface area (Å²) in [5.74, 6) is 0. The van der Waals surface area contributed by atoms with Crippen LogP contribution in [0.15, 0.2) is 35.0 Å². The van der Waals surface area contributed by atoms with Crippen molar-refractivity contribution < 1.29 is 0 Å². The Morgan fingerprint density at radius 2 is 1.88 bits per heavy atom. The molecule has 0 spiro atoms. The van der Waals surface area contributed by atoms with E-state index in [1.807, 2.05) is 12.1 Å². The maximum Gasteiger partial charge on any atom is 0.0406 e. The Balaban J connectivity index is 1.84. The lowest BCUT2D eigenvalue weighted by Gasteiger charge is -2.04. The lowest BCUT2D eigenvalue weighted by Crippen LogP contribution is -2.12. The second-order valence-corrected chi connectivity index (χ2v) is 4.99. The van der Waals surface area contributed by atoms with Gasteiger partial charge in [-0.3, -0.25) is 0 Å². The van der Waals surface area contributed by atoms with E-state index in [9.17, 15) is 0 Å². The number of halogens is 1. The number of nitrogens with one attached hydrogen (secondary N) is 1. The summed E-state index contributed by atoms with van der Waals surface area (Å²) in [5.41, 5.74) is 4.02. The molecule has 0 atom stereocenters. The molecule has 1 N–H and O–H groups in total. The van der Waals surface area contributed by atoms with E-state index in [1.54, 1.807) is 11.3 Å². The van der Waals surface area contributed by atoms with Gasteiger partial charge in [0.1, 0.15) is 0 Å². The molecular weight excluding hydrogens is 238 g/mol. The van der Waals surface area contributed by atoms with E-state index in [1.165, 1.54) is 16.7 Å². The molecule has 2 rings (SSSR count). The third-order valence-electron chi connectivity index (χ3n) is 2.52. The second kappa shape index (κ2) is 5.48. The minimum atomic E-state index is 0.789. The molecule has 84 valence electrons. The first-order valence-electron chi connectivity index (χ1n) is 5.22. The SMILES string of the molecule is Cc1cscc1CNCc1ccc(Cl)cc1. The molecule has 0 aliphatic heterocycles. The smallest absolute Gasteiger partial charge is 0.0406 e. The molecule has 0 bridgehead atoms. The Morgan fingerprint density at radius 1 is 1.12 bits per heavy atom. The van der Waals surface area contributed by atoms with E-state index in [0.29, 0.717) is 0 Å². The van der Waals surface area contributed by atoms with Gasteiger partial charge >= 0.3 is 0 Å². The average Bonchev–Trinajstić information content (AvgIpc) is 2.68. The van der Waals surface area contributed by atoms with Crippen LogP contribution in [0.5, 0.6) is 0 Å². The van der Waals surface area contributed by atoms with Gasteiger partial charge in [-0.15, -0.1) is 0 Å². The van der Waals surface area contributed by atoms with Crippen LogP contribution in [0.3, 0.4) is 0 Å².